The third-order valence-corrected chi connectivity index (χ3v) is 7.05. The first-order valence-corrected chi connectivity index (χ1v) is 14.5. The van der Waals surface area contributed by atoms with Gasteiger partial charge in [0.05, 0.1) is 11.9 Å². The summed E-state index contributed by atoms with van der Waals surface area (Å²) >= 11 is 0. The van der Waals surface area contributed by atoms with E-state index in [0.717, 1.165) is 22.5 Å². The first-order chi connectivity index (χ1) is 18.2. The molecule has 3 aromatic rings. The minimum atomic E-state index is -3.81. The van der Waals surface area contributed by atoms with Crippen LogP contribution >= 0.6 is 0 Å². The van der Waals surface area contributed by atoms with Crippen LogP contribution in [0.2, 0.25) is 0 Å². The summed E-state index contributed by atoms with van der Waals surface area (Å²) < 4.78 is 32.4. The van der Waals surface area contributed by atoms with Crippen LogP contribution in [-0.2, 0) is 26.2 Å². The number of ether oxygens (including phenoxy) is 1. The van der Waals surface area contributed by atoms with E-state index in [4.69, 9.17) is 4.74 Å². The minimum absolute atomic E-state index is 0.180. The number of carbonyl (C=O) groups excluding carboxylic acids is 2. The van der Waals surface area contributed by atoms with Gasteiger partial charge in [0.25, 0.3) is 0 Å². The zero-order valence-electron chi connectivity index (χ0n) is 22.0. The average molecular weight is 538 g/mol. The van der Waals surface area contributed by atoms with Gasteiger partial charge in [0, 0.05) is 13.1 Å². The van der Waals surface area contributed by atoms with Gasteiger partial charge >= 0.3 is 0 Å². The standard InChI is InChI=1S/C29H35N3O5S/c1-4-20-30-29(34)27(5-2)31(21-23-12-8-6-9-13-23)28(33)22-32(38(3,35)36)24-16-18-26(19-17-24)37-25-14-10-7-11-15-25/h6-19,27H,4-5,20-22H2,1-3H3,(H,30,34)/t27-/m0/s1. The van der Waals surface area contributed by atoms with E-state index in [1.807, 2.05) is 74.5 Å². The maximum absolute atomic E-state index is 13.7. The van der Waals surface area contributed by atoms with E-state index >= 15 is 0 Å². The van der Waals surface area contributed by atoms with Gasteiger partial charge in [0.2, 0.25) is 21.8 Å². The maximum atomic E-state index is 13.7. The Morgan fingerprint density at radius 3 is 2.00 bits per heavy atom. The minimum Gasteiger partial charge on any atom is -0.457 e. The number of nitrogens with zero attached hydrogens (tertiary/aromatic N) is 2. The number of amides is 2. The highest BCUT2D eigenvalue weighted by Gasteiger charge is 2.31. The first-order valence-electron chi connectivity index (χ1n) is 12.6. The number of benzene rings is 3. The van der Waals surface area contributed by atoms with Gasteiger partial charge in [-0.2, -0.15) is 0 Å². The molecule has 202 valence electrons. The van der Waals surface area contributed by atoms with E-state index in [1.165, 1.54) is 4.90 Å². The average Bonchev–Trinajstić information content (AvgIpc) is 2.91. The van der Waals surface area contributed by atoms with Crippen molar-refractivity contribution in [1.29, 1.82) is 0 Å². The lowest BCUT2D eigenvalue weighted by Crippen LogP contribution is -2.52. The molecule has 0 aliphatic carbocycles. The second-order valence-corrected chi connectivity index (χ2v) is 10.8. The molecule has 2 amide bonds. The molecule has 3 aromatic carbocycles. The molecule has 0 saturated carbocycles. The number of sulfonamides is 1. The molecule has 0 aliphatic rings. The van der Waals surface area contributed by atoms with E-state index < -0.39 is 28.5 Å². The third kappa shape index (κ3) is 8.08. The summed E-state index contributed by atoms with van der Waals surface area (Å²) in [5.41, 5.74) is 1.17. The quantitative estimate of drug-likeness (QED) is 0.344. The molecule has 1 N–H and O–H groups in total. The molecule has 8 nitrogen and oxygen atoms in total. The Balaban J connectivity index is 1.86. The molecule has 1 atom stereocenters. The fraction of sp³-hybridized carbons (Fsp3) is 0.310. The van der Waals surface area contributed by atoms with Crippen LogP contribution in [0, 0.1) is 0 Å². The van der Waals surface area contributed by atoms with Gasteiger partial charge in [-0.1, -0.05) is 62.4 Å². The molecule has 0 bridgehead atoms. The summed E-state index contributed by atoms with van der Waals surface area (Å²) in [6.45, 7) is 4.02. The number of hydrogen-bond acceptors (Lipinski definition) is 5. The van der Waals surface area contributed by atoms with Gasteiger partial charge < -0.3 is 15.0 Å². The SMILES string of the molecule is CCCNC(=O)[C@H](CC)N(Cc1ccccc1)C(=O)CN(c1ccc(Oc2ccccc2)cc1)S(C)(=O)=O. The lowest BCUT2D eigenvalue weighted by molar-refractivity contribution is -0.140. The highest BCUT2D eigenvalue weighted by atomic mass is 32.2. The maximum Gasteiger partial charge on any atom is 0.244 e. The van der Waals surface area contributed by atoms with Crippen LogP contribution in [0.3, 0.4) is 0 Å². The van der Waals surface area contributed by atoms with Gasteiger partial charge in [-0.3, -0.25) is 13.9 Å². The highest BCUT2D eigenvalue weighted by Crippen LogP contribution is 2.26. The zero-order chi connectivity index (χ0) is 27.5. The summed E-state index contributed by atoms with van der Waals surface area (Å²) in [4.78, 5) is 28.1. The fourth-order valence-corrected chi connectivity index (χ4v) is 4.83. The van der Waals surface area contributed by atoms with Crippen molar-refractivity contribution < 1.29 is 22.7 Å². The number of hydrogen-bond donors (Lipinski definition) is 1. The molecule has 3 rings (SSSR count). The topological polar surface area (TPSA) is 96.0 Å². The molecular weight excluding hydrogens is 502 g/mol. The van der Waals surface area contributed by atoms with Gasteiger partial charge in [-0.05, 0) is 54.8 Å². The van der Waals surface area contributed by atoms with Crippen molar-refractivity contribution in [2.45, 2.75) is 39.3 Å². The second-order valence-electron chi connectivity index (χ2n) is 8.90. The molecule has 0 saturated heterocycles. The lowest BCUT2D eigenvalue weighted by atomic mass is 10.1. The van der Waals surface area contributed by atoms with E-state index in [2.05, 4.69) is 5.32 Å². The van der Waals surface area contributed by atoms with Crippen LogP contribution in [0.15, 0.2) is 84.9 Å². The van der Waals surface area contributed by atoms with Crippen molar-refractivity contribution in [2.24, 2.45) is 0 Å². The van der Waals surface area contributed by atoms with Crippen molar-refractivity contribution in [3.63, 3.8) is 0 Å². The van der Waals surface area contributed by atoms with Crippen LogP contribution in [0.5, 0.6) is 11.5 Å². The van der Waals surface area contributed by atoms with E-state index in [-0.39, 0.29) is 12.5 Å². The molecule has 0 heterocycles. The van der Waals surface area contributed by atoms with Crippen LogP contribution in [0.25, 0.3) is 0 Å². The molecular formula is C29H35N3O5S. The normalized spacial score (nSPS) is 11.9. The molecule has 38 heavy (non-hydrogen) atoms. The Morgan fingerprint density at radius 2 is 1.45 bits per heavy atom. The van der Waals surface area contributed by atoms with Crippen LogP contribution < -0.4 is 14.4 Å². The van der Waals surface area contributed by atoms with E-state index in [1.54, 1.807) is 24.3 Å². The monoisotopic (exact) mass is 537 g/mol. The predicted molar refractivity (Wildman–Crippen MR) is 150 cm³/mol. The molecule has 0 aliphatic heterocycles. The second kappa shape index (κ2) is 13.6. The smallest absolute Gasteiger partial charge is 0.244 e. The molecule has 0 radical (unpaired) electrons. The Labute approximate surface area is 225 Å². The number of carbonyl (C=O) groups is 2. The number of anilines is 1. The van der Waals surface area contributed by atoms with E-state index in [9.17, 15) is 18.0 Å². The van der Waals surface area contributed by atoms with Crippen molar-refractivity contribution in [1.82, 2.24) is 10.2 Å². The first kappa shape index (κ1) is 28.7. The lowest BCUT2D eigenvalue weighted by Gasteiger charge is -2.32. The molecule has 0 fully saturated rings. The summed E-state index contributed by atoms with van der Waals surface area (Å²) in [5, 5.41) is 2.87. The molecule has 0 unspecified atom stereocenters. The van der Waals surface area contributed by atoms with Crippen LogP contribution in [-0.4, -0.2) is 50.5 Å². The van der Waals surface area contributed by atoms with E-state index in [0.29, 0.717) is 30.2 Å². The van der Waals surface area contributed by atoms with Crippen molar-refractivity contribution in [2.75, 3.05) is 23.7 Å². The van der Waals surface area contributed by atoms with Crippen LogP contribution in [0.1, 0.15) is 32.3 Å². The summed E-state index contributed by atoms with van der Waals surface area (Å²) in [7, 11) is -3.81. The van der Waals surface area contributed by atoms with Crippen LogP contribution in [0.4, 0.5) is 5.69 Å². The van der Waals surface area contributed by atoms with Crippen molar-refractivity contribution in [3.8, 4) is 11.5 Å². The zero-order valence-corrected chi connectivity index (χ0v) is 22.9. The Hall–Kier alpha value is -3.85. The predicted octanol–water partition coefficient (Wildman–Crippen LogP) is 4.58. The van der Waals surface area contributed by atoms with Gasteiger partial charge in [0.15, 0.2) is 0 Å². The number of para-hydroxylation sites is 1. The molecule has 0 spiro atoms. The van der Waals surface area contributed by atoms with Crippen molar-refractivity contribution >= 4 is 27.5 Å². The molecule has 0 aromatic heterocycles. The summed E-state index contributed by atoms with van der Waals surface area (Å²) in [5.74, 6) is 0.456. The number of rotatable bonds is 13. The third-order valence-electron chi connectivity index (χ3n) is 5.91. The summed E-state index contributed by atoms with van der Waals surface area (Å²) in [6, 6.07) is 24.3. The highest BCUT2D eigenvalue weighted by molar-refractivity contribution is 7.92. The Kier molecular flexibility index (Phi) is 10.3. The Bertz CT molecular complexity index is 1280. The van der Waals surface area contributed by atoms with Gasteiger partial charge in [-0.25, -0.2) is 8.42 Å². The largest absolute Gasteiger partial charge is 0.457 e. The fourth-order valence-electron chi connectivity index (χ4n) is 3.98. The van der Waals surface area contributed by atoms with Gasteiger partial charge in [-0.15, -0.1) is 0 Å². The summed E-state index contributed by atoms with van der Waals surface area (Å²) in [6.07, 6.45) is 2.21. The molecule has 9 heteroatoms. The van der Waals surface area contributed by atoms with Crippen molar-refractivity contribution in [3.05, 3.63) is 90.5 Å². The van der Waals surface area contributed by atoms with Gasteiger partial charge in [0.1, 0.15) is 24.1 Å². The number of nitrogens with one attached hydrogen (secondary N) is 1. The Morgan fingerprint density at radius 1 is 0.868 bits per heavy atom.